The molecule has 2 amide bonds. The van der Waals surface area contributed by atoms with E-state index < -0.39 is 0 Å². The third-order valence-corrected chi connectivity index (χ3v) is 6.94. The quantitative estimate of drug-likeness (QED) is 0.583. The van der Waals surface area contributed by atoms with Gasteiger partial charge in [-0.05, 0) is 49.7 Å². The number of nitrogens with zero attached hydrogens (tertiary/aromatic N) is 4. The van der Waals surface area contributed by atoms with Crippen LogP contribution in [0.5, 0.6) is 5.75 Å². The molecule has 7 heteroatoms. The first-order valence-electron chi connectivity index (χ1n) is 12.3. The van der Waals surface area contributed by atoms with E-state index in [1.807, 2.05) is 54.0 Å². The molecule has 2 aliphatic rings. The molecule has 2 aliphatic heterocycles. The molecule has 1 saturated heterocycles. The molecular formula is C28H32N4O3. The average Bonchev–Trinajstić information content (AvgIpc) is 3.06. The molecule has 7 nitrogen and oxygen atoms in total. The van der Waals surface area contributed by atoms with Crippen molar-refractivity contribution in [3.05, 3.63) is 70.4 Å². The van der Waals surface area contributed by atoms with Gasteiger partial charge < -0.3 is 14.5 Å². The van der Waals surface area contributed by atoms with E-state index in [2.05, 4.69) is 22.0 Å². The number of pyridine rings is 1. The van der Waals surface area contributed by atoms with Crippen LogP contribution in [-0.2, 0) is 17.9 Å². The summed E-state index contributed by atoms with van der Waals surface area (Å²) in [4.78, 5) is 36.1. The Morgan fingerprint density at radius 2 is 1.74 bits per heavy atom. The Bertz CT molecular complexity index is 1280. The van der Waals surface area contributed by atoms with Crippen molar-refractivity contribution >= 4 is 22.7 Å². The van der Waals surface area contributed by atoms with Gasteiger partial charge in [0, 0.05) is 62.8 Å². The smallest absolute Gasteiger partial charge is 0.255 e. The van der Waals surface area contributed by atoms with Crippen LogP contribution in [0.15, 0.2) is 42.5 Å². The molecule has 3 aromatic rings. The normalized spacial score (nSPS) is 16.5. The third-order valence-electron chi connectivity index (χ3n) is 6.94. The minimum Gasteiger partial charge on any atom is -0.491 e. The molecule has 182 valence electrons. The van der Waals surface area contributed by atoms with Gasteiger partial charge in [-0.25, -0.2) is 0 Å². The predicted octanol–water partition coefficient (Wildman–Crippen LogP) is 3.55. The molecule has 0 aliphatic carbocycles. The molecule has 2 aromatic carbocycles. The first-order valence-corrected chi connectivity index (χ1v) is 12.3. The van der Waals surface area contributed by atoms with E-state index in [-0.39, 0.29) is 11.8 Å². The van der Waals surface area contributed by atoms with Crippen LogP contribution in [0.4, 0.5) is 0 Å². The molecule has 1 aromatic heterocycles. The number of aryl methyl sites for hydroxylation is 2. The van der Waals surface area contributed by atoms with Crippen molar-refractivity contribution in [2.75, 3.05) is 39.3 Å². The van der Waals surface area contributed by atoms with Gasteiger partial charge >= 0.3 is 0 Å². The van der Waals surface area contributed by atoms with E-state index in [1.54, 1.807) is 6.92 Å². The summed E-state index contributed by atoms with van der Waals surface area (Å²) in [6.45, 7) is 11.2. The third kappa shape index (κ3) is 5.00. The fourth-order valence-corrected chi connectivity index (χ4v) is 5.02. The Kier molecular flexibility index (Phi) is 6.43. The van der Waals surface area contributed by atoms with E-state index in [9.17, 15) is 9.59 Å². The zero-order valence-electron chi connectivity index (χ0n) is 20.7. The Morgan fingerprint density at radius 1 is 0.943 bits per heavy atom. The Labute approximate surface area is 206 Å². The van der Waals surface area contributed by atoms with E-state index in [0.717, 1.165) is 66.2 Å². The first kappa shape index (κ1) is 23.3. The maximum Gasteiger partial charge on any atom is 0.255 e. The zero-order valence-corrected chi connectivity index (χ0v) is 20.7. The molecule has 0 saturated carbocycles. The number of fused-ring (bicyclic) bond motifs is 2. The second kappa shape index (κ2) is 9.66. The minimum atomic E-state index is 0.00769. The van der Waals surface area contributed by atoms with Crippen molar-refractivity contribution in [2.45, 2.75) is 33.9 Å². The number of ether oxygens (including phenoxy) is 1. The largest absolute Gasteiger partial charge is 0.491 e. The predicted molar refractivity (Wildman–Crippen MR) is 135 cm³/mol. The van der Waals surface area contributed by atoms with Crippen LogP contribution < -0.4 is 4.74 Å². The van der Waals surface area contributed by atoms with Gasteiger partial charge in [-0.2, -0.15) is 0 Å². The van der Waals surface area contributed by atoms with Crippen LogP contribution in [0.25, 0.3) is 10.9 Å². The lowest BCUT2D eigenvalue weighted by Crippen LogP contribution is -2.47. The van der Waals surface area contributed by atoms with Gasteiger partial charge in [-0.3, -0.25) is 19.5 Å². The average molecular weight is 473 g/mol. The van der Waals surface area contributed by atoms with Gasteiger partial charge in [0.15, 0.2) is 0 Å². The summed E-state index contributed by atoms with van der Waals surface area (Å²) in [5, 5.41) is 0.893. The Hall–Kier alpha value is -3.45. The number of hydrogen-bond donors (Lipinski definition) is 0. The van der Waals surface area contributed by atoms with Crippen LogP contribution in [0.1, 0.15) is 39.7 Å². The molecule has 0 unspecified atom stereocenters. The van der Waals surface area contributed by atoms with Gasteiger partial charge in [-0.15, -0.1) is 0 Å². The van der Waals surface area contributed by atoms with Crippen molar-refractivity contribution < 1.29 is 14.3 Å². The molecule has 0 spiro atoms. The molecule has 0 atom stereocenters. The molecule has 3 heterocycles. The summed E-state index contributed by atoms with van der Waals surface area (Å²) in [7, 11) is 0. The Balaban J connectivity index is 1.36. The van der Waals surface area contributed by atoms with Crippen molar-refractivity contribution in [3.8, 4) is 5.75 Å². The lowest BCUT2D eigenvalue weighted by molar-refractivity contribution is -0.130. The number of carbonyl (C=O) groups excluding carboxylic acids is 2. The maximum atomic E-state index is 13.7. The molecule has 35 heavy (non-hydrogen) atoms. The van der Waals surface area contributed by atoms with E-state index in [1.165, 1.54) is 5.56 Å². The van der Waals surface area contributed by atoms with Crippen LogP contribution in [0, 0.1) is 13.8 Å². The molecule has 0 radical (unpaired) electrons. The maximum absolute atomic E-state index is 13.7. The number of amides is 2. The molecule has 5 rings (SSSR count). The van der Waals surface area contributed by atoms with Crippen molar-refractivity contribution in [1.82, 2.24) is 19.7 Å². The molecule has 0 N–H and O–H groups in total. The van der Waals surface area contributed by atoms with Crippen molar-refractivity contribution in [2.24, 2.45) is 0 Å². The van der Waals surface area contributed by atoms with Gasteiger partial charge in [0.05, 0.1) is 17.6 Å². The molecular weight excluding hydrogens is 440 g/mol. The minimum absolute atomic E-state index is 0.00769. The van der Waals surface area contributed by atoms with Gasteiger partial charge in [0.1, 0.15) is 12.4 Å². The van der Waals surface area contributed by atoms with E-state index in [0.29, 0.717) is 25.3 Å². The first-order chi connectivity index (χ1) is 16.9. The summed E-state index contributed by atoms with van der Waals surface area (Å²) >= 11 is 0. The number of rotatable bonds is 3. The van der Waals surface area contributed by atoms with Crippen LogP contribution >= 0.6 is 0 Å². The second-order valence-electron chi connectivity index (χ2n) is 9.63. The van der Waals surface area contributed by atoms with Crippen molar-refractivity contribution in [3.63, 3.8) is 0 Å². The fraction of sp³-hybridized carbons (Fsp3) is 0.393. The highest BCUT2D eigenvalue weighted by molar-refractivity contribution is 6.06. The zero-order chi connectivity index (χ0) is 24.5. The van der Waals surface area contributed by atoms with Crippen LogP contribution in [0.3, 0.4) is 0 Å². The summed E-state index contributed by atoms with van der Waals surface area (Å²) in [5.41, 5.74) is 5.70. The van der Waals surface area contributed by atoms with Crippen LogP contribution in [-0.4, -0.2) is 70.8 Å². The topological polar surface area (TPSA) is 66.0 Å². The highest BCUT2D eigenvalue weighted by Crippen LogP contribution is 2.28. The number of benzene rings is 2. The van der Waals surface area contributed by atoms with E-state index in [4.69, 9.17) is 4.74 Å². The lowest BCUT2D eigenvalue weighted by atomic mass is 10.0. The van der Waals surface area contributed by atoms with E-state index >= 15 is 0 Å². The SMILES string of the molecule is CC(=O)N1CCN(Cc2ccc3c(c2)CN(C(=O)c2cc(C)nc4ccc(C)cc24)CCO3)CC1. The summed E-state index contributed by atoms with van der Waals surface area (Å²) < 4.78 is 6.02. The van der Waals surface area contributed by atoms with Gasteiger partial charge in [0.2, 0.25) is 5.91 Å². The summed E-state index contributed by atoms with van der Waals surface area (Å²) in [6.07, 6.45) is 0. The number of aromatic nitrogens is 1. The number of hydrogen-bond acceptors (Lipinski definition) is 5. The molecule has 1 fully saturated rings. The second-order valence-corrected chi connectivity index (χ2v) is 9.63. The highest BCUT2D eigenvalue weighted by atomic mass is 16.5. The molecule has 0 bridgehead atoms. The van der Waals surface area contributed by atoms with Crippen LogP contribution in [0.2, 0.25) is 0 Å². The van der Waals surface area contributed by atoms with Gasteiger partial charge in [-0.1, -0.05) is 17.7 Å². The summed E-state index contributed by atoms with van der Waals surface area (Å²) in [5.74, 6) is 0.995. The lowest BCUT2D eigenvalue weighted by Gasteiger charge is -2.34. The summed E-state index contributed by atoms with van der Waals surface area (Å²) in [6, 6.07) is 14.3. The number of piperazine rings is 1. The fourth-order valence-electron chi connectivity index (χ4n) is 5.02. The van der Waals surface area contributed by atoms with Crippen molar-refractivity contribution in [1.29, 1.82) is 0 Å². The Morgan fingerprint density at radius 3 is 2.51 bits per heavy atom. The monoisotopic (exact) mass is 472 g/mol. The highest BCUT2D eigenvalue weighted by Gasteiger charge is 2.24. The van der Waals surface area contributed by atoms with Gasteiger partial charge in [0.25, 0.3) is 5.91 Å². The number of carbonyl (C=O) groups is 2. The standard InChI is InChI=1S/C28H32N4O3/c1-19-4-6-26-24(14-19)25(15-20(2)29-26)28(34)32-12-13-35-27-7-5-22(16-23(27)18-32)17-30-8-10-31(11-9-30)21(3)33/h4-7,14-16H,8-13,17-18H2,1-3H3.